The van der Waals surface area contributed by atoms with Crippen LogP contribution >= 0.6 is 11.8 Å². The number of carbonyl (C=O) groups excluding carboxylic acids is 2. The van der Waals surface area contributed by atoms with Crippen molar-refractivity contribution >= 4 is 39.8 Å². The highest BCUT2D eigenvalue weighted by Gasteiger charge is 2.34. The van der Waals surface area contributed by atoms with E-state index >= 15 is 0 Å². The summed E-state index contributed by atoms with van der Waals surface area (Å²) in [6.45, 7) is 2.72. The molecule has 0 radical (unpaired) electrons. The monoisotopic (exact) mass is 443 g/mol. The number of thioether (sulfide) groups is 1. The molecule has 0 N–H and O–H groups in total. The Balaban J connectivity index is 1.53. The van der Waals surface area contributed by atoms with Crippen LogP contribution in [0.15, 0.2) is 65.6 Å². The average Bonchev–Trinajstić information content (AvgIpc) is 3.06. The van der Waals surface area contributed by atoms with Crippen molar-refractivity contribution in [3.63, 3.8) is 0 Å². The fraction of sp³-hybridized carbons (Fsp3) is 0.154. The number of hydrogen-bond donors (Lipinski definition) is 0. The number of nitrogens with zero attached hydrogens (tertiary/aromatic N) is 1. The molecule has 6 heteroatoms. The van der Waals surface area contributed by atoms with E-state index in [2.05, 4.69) is 30.2 Å². The molecule has 1 aliphatic rings. The number of carbonyl (C=O) groups is 2. The van der Waals surface area contributed by atoms with E-state index in [1.165, 1.54) is 5.39 Å². The first-order valence-electron chi connectivity index (χ1n) is 10.1. The molecule has 32 heavy (non-hydrogen) atoms. The zero-order valence-corrected chi connectivity index (χ0v) is 18.4. The SMILES string of the molecule is C#CCN1C(=O)S/C(=C\c2ccc(OCc3ccc4ccccc4c3)c(OCC)c2)C1=O. The van der Waals surface area contributed by atoms with Crippen LogP contribution in [0.2, 0.25) is 0 Å². The molecule has 0 aromatic heterocycles. The molecule has 1 fully saturated rings. The number of fused-ring (bicyclic) bond motifs is 1. The van der Waals surface area contributed by atoms with Gasteiger partial charge in [0, 0.05) is 0 Å². The molecule has 5 nitrogen and oxygen atoms in total. The van der Waals surface area contributed by atoms with Gasteiger partial charge in [0.25, 0.3) is 11.1 Å². The maximum atomic E-state index is 12.4. The lowest BCUT2D eigenvalue weighted by Crippen LogP contribution is -2.28. The maximum Gasteiger partial charge on any atom is 0.294 e. The van der Waals surface area contributed by atoms with Gasteiger partial charge in [0.15, 0.2) is 11.5 Å². The second kappa shape index (κ2) is 9.63. The summed E-state index contributed by atoms with van der Waals surface area (Å²) < 4.78 is 11.8. The van der Waals surface area contributed by atoms with Gasteiger partial charge in [-0.25, -0.2) is 0 Å². The van der Waals surface area contributed by atoms with Crippen LogP contribution in [-0.4, -0.2) is 29.2 Å². The van der Waals surface area contributed by atoms with Crippen LogP contribution in [0.4, 0.5) is 4.79 Å². The predicted octanol–water partition coefficient (Wildman–Crippen LogP) is 5.49. The molecule has 0 spiro atoms. The number of terminal acetylenes is 1. The lowest BCUT2D eigenvalue weighted by Gasteiger charge is -2.13. The average molecular weight is 444 g/mol. The van der Waals surface area contributed by atoms with Crippen LogP contribution < -0.4 is 9.47 Å². The fourth-order valence-electron chi connectivity index (χ4n) is 3.37. The van der Waals surface area contributed by atoms with Crippen molar-refractivity contribution in [2.75, 3.05) is 13.2 Å². The van der Waals surface area contributed by atoms with Crippen molar-refractivity contribution in [1.82, 2.24) is 4.90 Å². The van der Waals surface area contributed by atoms with E-state index in [1.807, 2.05) is 37.3 Å². The lowest BCUT2D eigenvalue weighted by molar-refractivity contribution is -0.122. The van der Waals surface area contributed by atoms with Crippen molar-refractivity contribution in [3.8, 4) is 23.8 Å². The minimum atomic E-state index is -0.382. The minimum Gasteiger partial charge on any atom is -0.490 e. The summed E-state index contributed by atoms with van der Waals surface area (Å²) >= 11 is 0.879. The molecule has 3 aromatic rings. The van der Waals surface area contributed by atoms with Gasteiger partial charge in [-0.05, 0) is 64.9 Å². The summed E-state index contributed by atoms with van der Waals surface area (Å²) in [6, 6.07) is 19.8. The number of benzene rings is 3. The Morgan fingerprint density at radius 2 is 1.81 bits per heavy atom. The summed E-state index contributed by atoms with van der Waals surface area (Å²) in [5, 5.41) is 1.98. The molecule has 0 aliphatic carbocycles. The summed E-state index contributed by atoms with van der Waals surface area (Å²) in [6.07, 6.45) is 6.91. The van der Waals surface area contributed by atoms with Crippen LogP contribution in [0.25, 0.3) is 16.8 Å². The Hall–Kier alpha value is -3.69. The van der Waals surface area contributed by atoms with Gasteiger partial charge in [-0.15, -0.1) is 6.42 Å². The first-order valence-corrected chi connectivity index (χ1v) is 11.0. The molecular weight excluding hydrogens is 422 g/mol. The van der Waals surface area contributed by atoms with Crippen LogP contribution in [0.1, 0.15) is 18.1 Å². The van der Waals surface area contributed by atoms with Crippen LogP contribution in [-0.2, 0) is 11.4 Å². The first-order chi connectivity index (χ1) is 15.6. The molecule has 0 unspecified atom stereocenters. The van der Waals surface area contributed by atoms with Gasteiger partial charge in [-0.1, -0.05) is 48.4 Å². The van der Waals surface area contributed by atoms with E-state index in [1.54, 1.807) is 12.1 Å². The van der Waals surface area contributed by atoms with Gasteiger partial charge in [-0.3, -0.25) is 14.5 Å². The molecule has 2 amide bonds. The number of imide groups is 1. The lowest BCUT2D eigenvalue weighted by atomic mass is 10.1. The zero-order valence-electron chi connectivity index (χ0n) is 17.5. The molecule has 4 rings (SSSR count). The van der Waals surface area contributed by atoms with Crippen molar-refractivity contribution < 1.29 is 19.1 Å². The van der Waals surface area contributed by atoms with Gasteiger partial charge in [0.05, 0.1) is 18.1 Å². The Morgan fingerprint density at radius 3 is 2.59 bits per heavy atom. The predicted molar refractivity (Wildman–Crippen MR) is 127 cm³/mol. The third-order valence-corrected chi connectivity index (χ3v) is 5.80. The van der Waals surface area contributed by atoms with E-state index in [0.29, 0.717) is 29.6 Å². The van der Waals surface area contributed by atoms with E-state index in [0.717, 1.165) is 33.2 Å². The summed E-state index contributed by atoms with van der Waals surface area (Å²) in [5.74, 6) is 3.13. The molecule has 3 aromatic carbocycles. The molecular formula is C26H21NO4S. The number of ether oxygens (including phenoxy) is 2. The second-order valence-electron chi connectivity index (χ2n) is 7.08. The molecule has 0 bridgehead atoms. The highest BCUT2D eigenvalue weighted by molar-refractivity contribution is 8.18. The summed E-state index contributed by atoms with van der Waals surface area (Å²) in [5.41, 5.74) is 1.79. The Labute approximate surface area is 191 Å². The van der Waals surface area contributed by atoms with Gasteiger partial charge in [0.1, 0.15) is 6.61 Å². The fourth-order valence-corrected chi connectivity index (χ4v) is 4.21. The van der Waals surface area contributed by atoms with Crippen molar-refractivity contribution in [2.24, 2.45) is 0 Å². The summed E-state index contributed by atoms with van der Waals surface area (Å²) in [7, 11) is 0. The number of amides is 2. The topological polar surface area (TPSA) is 55.8 Å². The third kappa shape index (κ3) is 4.63. The van der Waals surface area contributed by atoms with Crippen molar-refractivity contribution in [1.29, 1.82) is 0 Å². The van der Waals surface area contributed by atoms with Crippen molar-refractivity contribution in [3.05, 3.63) is 76.7 Å². The Morgan fingerprint density at radius 1 is 1.00 bits per heavy atom. The quantitative estimate of drug-likeness (QED) is 0.357. The van der Waals surface area contributed by atoms with Crippen LogP contribution in [0.5, 0.6) is 11.5 Å². The number of hydrogen-bond acceptors (Lipinski definition) is 5. The van der Waals surface area contributed by atoms with Gasteiger partial charge < -0.3 is 9.47 Å². The van der Waals surface area contributed by atoms with Crippen LogP contribution in [0, 0.1) is 12.3 Å². The first kappa shape index (κ1) is 21.5. The summed E-state index contributed by atoms with van der Waals surface area (Å²) in [4.78, 5) is 25.8. The molecule has 1 saturated heterocycles. The van der Waals surface area contributed by atoms with E-state index < -0.39 is 0 Å². The largest absolute Gasteiger partial charge is 0.490 e. The molecule has 1 aliphatic heterocycles. The van der Waals surface area contributed by atoms with Crippen LogP contribution in [0.3, 0.4) is 0 Å². The zero-order chi connectivity index (χ0) is 22.5. The third-order valence-electron chi connectivity index (χ3n) is 4.90. The number of rotatable bonds is 7. The molecule has 1 heterocycles. The highest BCUT2D eigenvalue weighted by Crippen LogP contribution is 2.35. The van der Waals surface area contributed by atoms with Gasteiger partial charge >= 0.3 is 0 Å². The Bertz CT molecular complexity index is 1260. The molecule has 160 valence electrons. The second-order valence-corrected chi connectivity index (χ2v) is 8.07. The van der Waals surface area contributed by atoms with Crippen molar-refractivity contribution in [2.45, 2.75) is 13.5 Å². The van der Waals surface area contributed by atoms with E-state index in [4.69, 9.17) is 15.9 Å². The van der Waals surface area contributed by atoms with E-state index in [-0.39, 0.29) is 17.7 Å². The highest BCUT2D eigenvalue weighted by atomic mass is 32.2. The van der Waals surface area contributed by atoms with Gasteiger partial charge in [0.2, 0.25) is 0 Å². The Kier molecular flexibility index (Phi) is 6.48. The minimum absolute atomic E-state index is 0.0340. The normalized spacial score (nSPS) is 14.8. The smallest absolute Gasteiger partial charge is 0.294 e. The maximum absolute atomic E-state index is 12.4. The molecule has 0 saturated carbocycles. The standard InChI is InChI=1S/C26H21NO4S/c1-3-13-27-25(28)24(32-26(27)29)16-18-10-12-22(23(15-18)30-4-2)31-17-19-9-11-20-7-5-6-8-21(20)14-19/h1,5-12,14-16H,4,13,17H2,2H3/b24-16-. The van der Waals surface area contributed by atoms with Gasteiger partial charge in [-0.2, -0.15) is 0 Å². The van der Waals surface area contributed by atoms with E-state index in [9.17, 15) is 9.59 Å². The molecule has 0 atom stereocenters.